The standard InChI is InChI=1S/C26H35FN4O3/c1-17(2)25-28-26(34-29-25)30-10-7-19(8-11-30)23-14-20(23)9-12-33-22-5-3-18(4-6-22)13-24(32)31-15-21(27)16-31/h3-6,17,19-21,23H,7-16H2,1-2H3/t20-,23-/m1/s1. The van der Waals surface area contributed by atoms with Crippen LogP contribution < -0.4 is 9.64 Å². The van der Waals surface area contributed by atoms with Crippen LogP contribution in [0.15, 0.2) is 28.8 Å². The van der Waals surface area contributed by atoms with Crippen molar-refractivity contribution in [1.29, 1.82) is 0 Å². The molecule has 0 bridgehead atoms. The van der Waals surface area contributed by atoms with Crippen molar-refractivity contribution < 1.29 is 18.4 Å². The van der Waals surface area contributed by atoms with Crippen molar-refractivity contribution in [2.75, 3.05) is 37.7 Å². The summed E-state index contributed by atoms with van der Waals surface area (Å²) >= 11 is 0. The molecule has 1 saturated carbocycles. The van der Waals surface area contributed by atoms with Crippen LogP contribution in [-0.2, 0) is 11.2 Å². The lowest BCUT2D eigenvalue weighted by molar-refractivity contribution is -0.137. The molecule has 5 rings (SSSR count). The number of ether oxygens (including phenoxy) is 1. The van der Waals surface area contributed by atoms with E-state index < -0.39 is 6.17 Å². The number of hydrogen-bond acceptors (Lipinski definition) is 6. The van der Waals surface area contributed by atoms with Gasteiger partial charge in [0.05, 0.1) is 26.1 Å². The molecule has 3 heterocycles. The Bertz CT molecular complexity index is 965. The lowest BCUT2D eigenvalue weighted by Gasteiger charge is -2.34. The van der Waals surface area contributed by atoms with Crippen LogP contribution in [0.4, 0.5) is 10.4 Å². The van der Waals surface area contributed by atoms with Gasteiger partial charge in [-0.15, -0.1) is 0 Å². The number of alkyl halides is 1. The summed E-state index contributed by atoms with van der Waals surface area (Å²) in [4.78, 5) is 20.4. The van der Waals surface area contributed by atoms with Gasteiger partial charge in [-0.3, -0.25) is 4.79 Å². The fourth-order valence-electron chi connectivity index (χ4n) is 5.24. The Morgan fingerprint density at radius 1 is 1.21 bits per heavy atom. The molecule has 34 heavy (non-hydrogen) atoms. The van der Waals surface area contributed by atoms with E-state index in [0.29, 0.717) is 12.4 Å². The highest BCUT2D eigenvalue weighted by atomic mass is 19.1. The van der Waals surface area contributed by atoms with Gasteiger partial charge in [0.25, 0.3) is 0 Å². The van der Waals surface area contributed by atoms with Gasteiger partial charge in [0.15, 0.2) is 5.82 Å². The van der Waals surface area contributed by atoms with E-state index in [1.165, 1.54) is 19.3 Å². The maximum Gasteiger partial charge on any atom is 0.324 e. The molecule has 2 aliphatic heterocycles. The second-order valence-corrected chi connectivity index (χ2v) is 10.4. The van der Waals surface area contributed by atoms with Gasteiger partial charge < -0.3 is 19.1 Å². The molecule has 7 nitrogen and oxygen atoms in total. The largest absolute Gasteiger partial charge is 0.494 e. The third-order valence-corrected chi connectivity index (χ3v) is 7.57. The minimum absolute atomic E-state index is 0.00873. The van der Waals surface area contributed by atoms with Gasteiger partial charge in [0.2, 0.25) is 5.91 Å². The molecule has 0 radical (unpaired) electrons. The number of nitrogens with zero attached hydrogens (tertiary/aromatic N) is 4. The molecule has 3 fully saturated rings. The predicted molar refractivity (Wildman–Crippen MR) is 127 cm³/mol. The summed E-state index contributed by atoms with van der Waals surface area (Å²) in [7, 11) is 0. The highest BCUT2D eigenvalue weighted by Crippen LogP contribution is 2.50. The molecule has 8 heteroatoms. The third kappa shape index (κ3) is 5.36. The number of rotatable bonds is 9. The topological polar surface area (TPSA) is 71.7 Å². The molecule has 0 N–H and O–H groups in total. The molecule has 1 aromatic heterocycles. The minimum atomic E-state index is -0.853. The van der Waals surface area contributed by atoms with Crippen molar-refractivity contribution in [3.63, 3.8) is 0 Å². The molecule has 1 aromatic carbocycles. The number of anilines is 1. The lowest BCUT2D eigenvalue weighted by Crippen LogP contribution is -2.51. The zero-order valence-electron chi connectivity index (χ0n) is 20.2. The van der Waals surface area contributed by atoms with Crippen LogP contribution in [0.2, 0.25) is 0 Å². The molecule has 3 aliphatic rings. The molecule has 0 spiro atoms. The van der Waals surface area contributed by atoms with E-state index in [9.17, 15) is 9.18 Å². The van der Waals surface area contributed by atoms with Crippen LogP contribution in [-0.4, -0.2) is 59.9 Å². The first-order valence-corrected chi connectivity index (χ1v) is 12.7. The summed E-state index contributed by atoms with van der Waals surface area (Å²) in [5.74, 6) is 4.27. The fourth-order valence-corrected chi connectivity index (χ4v) is 5.24. The summed E-state index contributed by atoms with van der Waals surface area (Å²) in [6.07, 6.45) is 4.24. The summed E-state index contributed by atoms with van der Waals surface area (Å²) in [6, 6.07) is 8.40. The first-order chi connectivity index (χ1) is 16.5. The Labute approximate surface area is 200 Å². The second-order valence-electron chi connectivity index (χ2n) is 10.4. The summed E-state index contributed by atoms with van der Waals surface area (Å²) in [6.45, 7) is 7.33. The first kappa shape index (κ1) is 23.1. The molecule has 2 aromatic rings. The normalized spacial score (nSPS) is 23.3. The molecule has 184 valence electrons. The SMILES string of the molecule is CC(C)c1noc(N2CCC([C@H]3C[C@H]3CCOc3ccc(CC(=O)N4CC(F)C4)cc3)CC2)n1. The van der Waals surface area contributed by atoms with Gasteiger partial charge in [0, 0.05) is 19.0 Å². The molecule has 0 unspecified atom stereocenters. The van der Waals surface area contributed by atoms with Crippen LogP contribution in [0, 0.1) is 17.8 Å². The zero-order valence-corrected chi connectivity index (χ0v) is 20.2. The lowest BCUT2D eigenvalue weighted by atomic mass is 9.90. The number of piperidine rings is 1. The van der Waals surface area contributed by atoms with Crippen molar-refractivity contribution in [2.45, 2.75) is 58.0 Å². The van der Waals surface area contributed by atoms with Crippen molar-refractivity contribution >= 4 is 11.9 Å². The maximum absolute atomic E-state index is 12.9. The monoisotopic (exact) mass is 470 g/mol. The number of hydrogen-bond donors (Lipinski definition) is 0. The number of halogens is 1. The second kappa shape index (κ2) is 9.92. The highest BCUT2D eigenvalue weighted by molar-refractivity contribution is 5.79. The number of carbonyl (C=O) groups excluding carboxylic acids is 1. The van der Waals surface area contributed by atoms with Crippen LogP contribution in [0.1, 0.15) is 56.8 Å². The molecular formula is C26H35FN4O3. The van der Waals surface area contributed by atoms with E-state index in [0.717, 1.165) is 61.0 Å². The van der Waals surface area contributed by atoms with Crippen LogP contribution >= 0.6 is 0 Å². The third-order valence-electron chi connectivity index (χ3n) is 7.57. The smallest absolute Gasteiger partial charge is 0.324 e. The number of aromatic nitrogens is 2. The van der Waals surface area contributed by atoms with Crippen molar-refractivity contribution in [1.82, 2.24) is 15.0 Å². The highest BCUT2D eigenvalue weighted by Gasteiger charge is 2.43. The molecule has 1 amide bonds. The molecule has 2 atom stereocenters. The number of amides is 1. The Morgan fingerprint density at radius 3 is 2.59 bits per heavy atom. The van der Waals surface area contributed by atoms with Gasteiger partial charge in [0.1, 0.15) is 11.9 Å². The van der Waals surface area contributed by atoms with Gasteiger partial charge in [-0.05, 0) is 61.1 Å². The van der Waals surface area contributed by atoms with Gasteiger partial charge >= 0.3 is 6.01 Å². The van der Waals surface area contributed by atoms with Crippen molar-refractivity contribution in [3.05, 3.63) is 35.7 Å². The molecule has 2 saturated heterocycles. The van der Waals surface area contributed by atoms with Gasteiger partial charge in [-0.1, -0.05) is 31.1 Å². The number of carbonyl (C=O) groups is 1. The van der Waals surface area contributed by atoms with E-state index in [2.05, 4.69) is 28.9 Å². The zero-order chi connectivity index (χ0) is 23.7. The van der Waals surface area contributed by atoms with E-state index in [-0.39, 0.29) is 24.9 Å². The molecule has 1 aliphatic carbocycles. The quantitative estimate of drug-likeness (QED) is 0.546. The first-order valence-electron chi connectivity index (χ1n) is 12.7. The molecular weight excluding hydrogens is 435 g/mol. The number of likely N-dealkylation sites (tertiary alicyclic amines) is 1. The Balaban J connectivity index is 0.988. The Morgan fingerprint density at radius 2 is 1.94 bits per heavy atom. The van der Waals surface area contributed by atoms with Crippen molar-refractivity contribution in [2.24, 2.45) is 17.8 Å². The van der Waals surface area contributed by atoms with E-state index >= 15 is 0 Å². The van der Waals surface area contributed by atoms with Crippen molar-refractivity contribution in [3.8, 4) is 5.75 Å². The van der Waals surface area contributed by atoms with E-state index in [1.807, 2.05) is 24.3 Å². The minimum Gasteiger partial charge on any atom is -0.494 e. The number of benzene rings is 1. The predicted octanol–water partition coefficient (Wildman–Crippen LogP) is 4.24. The average Bonchev–Trinajstić information content (AvgIpc) is 3.40. The average molecular weight is 471 g/mol. The maximum atomic E-state index is 12.9. The van der Waals surface area contributed by atoms with Crippen LogP contribution in [0.3, 0.4) is 0 Å². The summed E-state index contributed by atoms with van der Waals surface area (Å²) in [5, 5.41) is 4.09. The van der Waals surface area contributed by atoms with Crippen LogP contribution in [0.5, 0.6) is 5.75 Å². The van der Waals surface area contributed by atoms with Gasteiger partial charge in [-0.2, -0.15) is 4.98 Å². The fraction of sp³-hybridized carbons (Fsp3) is 0.654. The van der Waals surface area contributed by atoms with Crippen LogP contribution in [0.25, 0.3) is 0 Å². The summed E-state index contributed by atoms with van der Waals surface area (Å²) < 4.78 is 24.3. The Kier molecular flexibility index (Phi) is 6.75. The van der Waals surface area contributed by atoms with Gasteiger partial charge in [-0.25, -0.2) is 4.39 Å². The summed E-state index contributed by atoms with van der Waals surface area (Å²) in [5.41, 5.74) is 0.939. The van der Waals surface area contributed by atoms with E-state index in [4.69, 9.17) is 9.26 Å². The Hall–Kier alpha value is -2.64. The van der Waals surface area contributed by atoms with E-state index in [1.54, 1.807) is 4.90 Å².